The van der Waals surface area contributed by atoms with E-state index in [4.69, 9.17) is 10.2 Å². The molecule has 118 valence electrons. The third-order valence-electron chi connectivity index (χ3n) is 3.28. The zero-order valence-electron chi connectivity index (χ0n) is 12.3. The molecule has 1 aromatic heterocycles. The van der Waals surface area contributed by atoms with Gasteiger partial charge in [-0.2, -0.15) is 0 Å². The monoisotopic (exact) mass is 307 g/mol. The molecule has 0 saturated heterocycles. The molecular weight excluding hydrogens is 289 g/mol. The summed E-state index contributed by atoms with van der Waals surface area (Å²) in [5, 5.41) is 12.1. The Kier molecular flexibility index (Phi) is 4.89. The normalized spacial score (nSPS) is 15.1. The van der Waals surface area contributed by atoms with E-state index in [1.807, 2.05) is 0 Å². The minimum absolute atomic E-state index is 0.0695. The molecule has 3 atom stereocenters. The standard InChI is InChI=1S/C15H18FN3O3/c1-8(10-3-5-11(16)6-4-10)18-14(21)12-7-22-15(19-12)13(17)9(2)20/h3-9,13,20H,17H2,1-2H3,(H,18,21). The molecule has 2 aromatic rings. The van der Waals surface area contributed by atoms with Crippen molar-refractivity contribution in [2.75, 3.05) is 0 Å². The fraction of sp³-hybridized carbons (Fsp3) is 0.333. The quantitative estimate of drug-likeness (QED) is 0.780. The maximum Gasteiger partial charge on any atom is 0.273 e. The van der Waals surface area contributed by atoms with Crippen LogP contribution in [-0.2, 0) is 0 Å². The molecule has 0 aliphatic carbocycles. The van der Waals surface area contributed by atoms with Crippen LogP contribution in [0.5, 0.6) is 0 Å². The number of benzene rings is 1. The first-order valence-corrected chi connectivity index (χ1v) is 6.84. The van der Waals surface area contributed by atoms with Gasteiger partial charge < -0.3 is 20.6 Å². The molecule has 2 rings (SSSR count). The number of carbonyl (C=O) groups is 1. The maximum atomic E-state index is 12.9. The Labute approximate surface area is 127 Å². The summed E-state index contributed by atoms with van der Waals surface area (Å²) in [4.78, 5) is 16.1. The minimum Gasteiger partial charge on any atom is -0.446 e. The number of nitrogens with zero attached hydrogens (tertiary/aromatic N) is 1. The maximum absolute atomic E-state index is 12.9. The second-order valence-corrected chi connectivity index (χ2v) is 5.08. The molecule has 0 radical (unpaired) electrons. The summed E-state index contributed by atoms with van der Waals surface area (Å²) in [6, 6.07) is 4.73. The van der Waals surface area contributed by atoms with Gasteiger partial charge in [0.15, 0.2) is 5.69 Å². The predicted molar refractivity (Wildman–Crippen MR) is 77.4 cm³/mol. The number of hydrogen-bond acceptors (Lipinski definition) is 5. The van der Waals surface area contributed by atoms with Gasteiger partial charge in [-0.05, 0) is 31.5 Å². The van der Waals surface area contributed by atoms with Crippen LogP contribution in [0, 0.1) is 5.82 Å². The number of carbonyl (C=O) groups excluding carboxylic acids is 1. The molecule has 22 heavy (non-hydrogen) atoms. The molecule has 0 aliphatic heterocycles. The van der Waals surface area contributed by atoms with Crippen LogP contribution in [0.3, 0.4) is 0 Å². The summed E-state index contributed by atoms with van der Waals surface area (Å²) >= 11 is 0. The van der Waals surface area contributed by atoms with E-state index in [1.54, 1.807) is 19.1 Å². The second kappa shape index (κ2) is 6.67. The zero-order chi connectivity index (χ0) is 16.3. The van der Waals surface area contributed by atoms with Crippen molar-refractivity contribution in [2.24, 2.45) is 5.73 Å². The van der Waals surface area contributed by atoms with Gasteiger partial charge in [-0.3, -0.25) is 4.79 Å². The van der Waals surface area contributed by atoms with Crippen LogP contribution in [0.2, 0.25) is 0 Å². The molecule has 0 spiro atoms. The molecule has 1 heterocycles. The lowest BCUT2D eigenvalue weighted by molar-refractivity contribution is 0.0934. The molecule has 1 aromatic carbocycles. The predicted octanol–water partition coefficient (Wildman–Crippen LogP) is 1.69. The highest BCUT2D eigenvalue weighted by Gasteiger charge is 2.21. The summed E-state index contributed by atoms with van der Waals surface area (Å²) in [7, 11) is 0. The van der Waals surface area contributed by atoms with Gasteiger partial charge in [0.25, 0.3) is 5.91 Å². The van der Waals surface area contributed by atoms with Crippen molar-refractivity contribution >= 4 is 5.91 Å². The van der Waals surface area contributed by atoms with Crippen molar-refractivity contribution in [3.8, 4) is 0 Å². The Hall–Kier alpha value is -2.25. The molecule has 0 bridgehead atoms. The Bertz CT molecular complexity index is 640. The smallest absolute Gasteiger partial charge is 0.273 e. The SMILES string of the molecule is CC(NC(=O)c1coc(C(N)C(C)O)n1)c1ccc(F)cc1. The highest BCUT2D eigenvalue weighted by molar-refractivity contribution is 5.92. The van der Waals surface area contributed by atoms with Crippen molar-refractivity contribution in [2.45, 2.75) is 32.0 Å². The van der Waals surface area contributed by atoms with Gasteiger partial charge in [-0.1, -0.05) is 12.1 Å². The van der Waals surface area contributed by atoms with Gasteiger partial charge in [-0.15, -0.1) is 0 Å². The first kappa shape index (κ1) is 16.1. The van der Waals surface area contributed by atoms with Gasteiger partial charge in [0, 0.05) is 0 Å². The fourth-order valence-electron chi connectivity index (χ4n) is 1.86. The minimum atomic E-state index is -0.840. The molecule has 1 amide bonds. The molecule has 4 N–H and O–H groups in total. The molecular formula is C15H18FN3O3. The number of aliphatic hydroxyl groups is 1. The van der Waals surface area contributed by atoms with Crippen LogP contribution < -0.4 is 11.1 Å². The molecule has 3 unspecified atom stereocenters. The lowest BCUT2D eigenvalue weighted by Gasteiger charge is -2.13. The van der Waals surface area contributed by atoms with E-state index in [1.165, 1.54) is 25.3 Å². The number of hydrogen-bond donors (Lipinski definition) is 3. The summed E-state index contributed by atoms with van der Waals surface area (Å²) in [6.45, 7) is 3.28. The summed E-state index contributed by atoms with van der Waals surface area (Å²) in [5.74, 6) is -0.685. The van der Waals surface area contributed by atoms with Crippen LogP contribution >= 0.6 is 0 Å². The summed E-state index contributed by atoms with van der Waals surface area (Å²) in [5.41, 5.74) is 6.52. The number of halogens is 1. The van der Waals surface area contributed by atoms with Gasteiger partial charge >= 0.3 is 0 Å². The van der Waals surface area contributed by atoms with Crippen LogP contribution in [0.1, 0.15) is 47.9 Å². The van der Waals surface area contributed by atoms with Crippen LogP contribution in [-0.4, -0.2) is 22.1 Å². The lowest BCUT2D eigenvalue weighted by atomic mass is 10.1. The van der Waals surface area contributed by atoms with E-state index < -0.39 is 18.1 Å². The number of aliphatic hydroxyl groups excluding tert-OH is 1. The Morgan fingerprint density at radius 1 is 1.36 bits per heavy atom. The van der Waals surface area contributed by atoms with Crippen molar-refractivity contribution in [1.82, 2.24) is 10.3 Å². The average Bonchev–Trinajstić information content (AvgIpc) is 2.96. The number of oxazole rings is 1. The molecule has 7 heteroatoms. The van der Waals surface area contributed by atoms with Crippen LogP contribution in [0.15, 0.2) is 34.9 Å². The van der Waals surface area contributed by atoms with Crippen molar-refractivity contribution < 1.29 is 18.7 Å². The number of aromatic nitrogens is 1. The number of rotatable bonds is 5. The molecule has 0 fully saturated rings. The third kappa shape index (κ3) is 3.69. The molecule has 0 saturated carbocycles. The third-order valence-corrected chi connectivity index (χ3v) is 3.28. The Morgan fingerprint density at radius 2 is 2.00 bits per heavy atom. The van der Waals surface area contributed by atoms with Gasteiger partial charge in [0.2, 0.25) is 5.89 Å². The first-order valence-electron chi connectivity index (χ1n) is 6.84. The number of nitrogens with two attached hydrogens (primary N) is 1. The zero-order valence-corrected chi connectivity index (χ0v) is 12.3. The van der Waals surface area contributed by atoms with E-state index in [-0.39, 0.29) is 23.4 Å². The largest absolute Gasteiger partial charge is 0.446 e. The van der Waals surface area contributed by atoms with Crippen molar-refractivity contribution in [3.63, 3.8) is 0 Å². The van der Waals surface area contributed by atoms with Crippen LogP contribution in [0.4, 0.5) is 4.39 Å². The summed E-state index contributed by atoms with van der Waals surface area (Å²) < 4.78 is 18.0. The first-order chi connectivity index (χ1) is 10.4. The van der Waals surface area contributed by atoms with Gasteiger partial charge in [-0.25, -0.2) is 9.37 Å². The summed E-state index contributed by atoms with van der Waals surface area (Å²) in [6.07, 6.45) is 0.345. The van der Waals surface area contributed by atoms with E-state index in [0.717, 1.165) is 5.56 Å². The molecule has 0 aliphatic rings. The van der Waals surface area contributed by atoms with Crippen LogP contribution in [0.25, 0.3) is 0 Å². The Balaban J connectivity index is 2.04. The van der Waals surface area contributed by atoms with E-state index >= 15 is 0 Å². The number of nitrogens with one attached hydrogen (secondary N) is 1. The topological polar surface area (TPSA) is 101 Å². The highest BCUT2D eigenvalue weighted by atomic mass is 19.1. The van der Waals surface area contributed by atoms with Gasteiger partial charge in [0.05, 0.1) is 12.1 Å². The molecule has 6 nitrogen and oxygen atoms in total. The fourth-order valence-corrected chi connectivity index (χ4v) is 1.86. The van der Waals surface area contributed by atoms with E-state index in [2.05, 4.69) is 10.3 Å². The lowest BCUT2D eigenvalue weighted by Crippen LogP contribution is -2.27. The highest BCUT2D eigenvalue weighted by Crippen LogP contribution is 2.16. The average molecular weight is 307 g/mol. The van der Waals surface area contributed by atoms with E-state index in [9.17, 15) is 14.3 Å². The Morgan fingerprint density at radius 3 is 2.59 bits per heavy atom. The van der Waals surface area contributed by atoms with Crippen molar-refractivity contribution in [3.05, 3.63) is 53.5 Å². The van der Waals surface area contributed by atoms with E-state index in [0.29, 0.717) is 0 Å². The van der Waals surface area contributed by atoms with Gasteiger partial charge in [0.1, 0.15) is 18.1 Å². The number of amides is 1. The second-order valence-electron chi connectivity index (χ2n) is 5.08. The van der Waals surface area contributed by atoms with Crippen molar-refractivity contribution in [1.29, 1.82) is 0 Å².